The van der Waals surface area contributed by atoms with Crippen molar-refractivity contribution in [1.82, 2.24) is 25.2 Å². The van der Waals surface area contributed by atoms with Crippen LogP contribution in [0.25, 0.3) is 0 Å². The molecule has 2 rings (SSSR count). The van der Waals surface area contributed by atoms with E-state index in [-0.39, 0.29) is 17.4 Å². The number of hydrogen-bond acceptors (Lipinski definition) is 7. The minimum absolute atomic E-state index is 0.171. The maximum absolute atomic E-state index is 11.4. The smallest absolute Gasteiger partial charge is 0.246 e. The summed E-state index contributed by atoms with van der Waals surface area (Å²) in [5.41, 5.74) is 1.29. The third-order valence-electron chi connectivity index (χ3n) is 3.79. The number of nitrogens with zero attached hydrogens (tertiary/aromatic N) is 4. The highest BCUT2D eigenvalue weighted by molar-refractivity contribution is 7.91. The van der Waals surface area contributed by atoms with Crippen molar-refractivity contribution >= 4 is 15.7 Å². The normalized spacial score (nSPS) is 17.3. The summed E-state index contributed by atoms with van der Waals surface area (Å²) in [6.45, 7) is 8.77. The van der Waals surface area contributed by atoms with Gasteiger partial charge in [0.1, 0.15) is 0 Å². The van der Waals surface area contributed by atoms with Gasteiger partial charge in [0.05, 0.1) is 37.0 Å². The molecule has 1 saturated heterocycles. The molecule has 0 aromatic carbocycles. The third kappa shape index (κ3) is 6.92. The Hall–Kier alpha value is -1.78. The third-order valence-corrected chi connectivity index (χ3v) is 5.40. The topological polar surface area (TPSA) is 106 Å². The lowest BCUT2D eigenvalue weighted by Crippen LogP contribution is -2.39. The average molecular weight is 371 g/mol. The van der Waals surface area contributed by atoms with Crippen molar-refractivity contribution in [2.45, 2.75) is 20.0 Å². The fourth-order valence-corrected chi connectivity index (χ4v) is 3.58. The molecule has 10 heteroatoms. The Balaban J connectivity index is 1.61. The van der Waals surface area contributed by atoms with E-state index in [2.05, 4.69) is 27.1 Å². The monoisotopic (exact) mass is 371 g/mol. The van der Waals surface area contributed by atoms with Gasteiger partial charge in [-0.15, -0.1) is 5.10 Å². The van der Waals surface area contributed by atoms with E-state index in [0.29, 0.717) is 51.5 Å². The first-order valence-electron chi connectivity index (χ1n) is 8.19. The average Bonchev–Trinajstić information content (AvgIpc) is 3.00. The second kappa shape index (κ2) is 9.07. The van der Waals surface area contributed by atoms with Crippen molar-refractivity contribution in [3.63, 3.8) is 0 Å². The van der Waals surface area contributed by atoms with Crippen LogP contribution in [0.2, 0.25) is 0 Å². The maximum atomic E-state index is 11.4. The Bertz CT molecular complexity index is 687. The van der Waals surface area contributed by atoms with Gasteiger partial charge in [-0.2, -0.15) is 0 Å². The van der Waals surface area contributed by atoms with Gasteiger partial charge >= 0.3 is 0 Å². The van der Waals surface area contributed by atoms with Gasteiger partial charge in [0.25, 0.3) is 0 Å². The molecule has 0 saturated carbocycles. The number of rotatable bonds is 9. The lowest BCUT2D eigenvalue weighted by molar-refractivity contribution is -0.117. The van der Waals surface area contributed by atoms with E-state index in [1.54, 1.807) is 11.6 Å². The second-order valence-corrected chi connectivity index (χ2v) is 8.35. The number of amides is 1. The van der Waals surface area contributed by atoms with Crippen LogP contribution in [-0.2, 0) is 32.5 Å². The molecule has 2 heterocycles. The molecule has 1 aliphatic rings. The van der Waals surface area contributed by atoms with Crippen molar-refractivity contribution in [3.05, 3.63) is 24.0 Å². The highest BCUT2D eigenvalue weighted by Crippen LogP contribution is 2.07. The molecule has 0 bridgehead atoms. The van der Waals surface area contributed by atoms with Gasteiger partial charge in [-0.05, 0) is 6.92 Å². The molecule has 0 unspecified atom stereocenters. The lowest BCUT2D eigenvalue weighted by Gasteiger charge is -2.25. The van der Waals surface area contributed by atoms with Gasteiger partial charge in [-0.1, -0.05) is 11.8 Å². The summed E-state index contributed by atoms with van der Waals surface area (Å²) in [4.78, 5) is 13.3. The summed E-state index contributed by atoms with van der Waals surface area (Å²) in [5, 5.41) is 10.8. The van der Waals surface area contributed by atoms with E-state index in [1.807, 2.05) is 6.20 Å². The molecule has 140 valence electrons. The first kappa shape index (κ1) is 19.5. The molecule has 1 aromatic heterocycles. The first-order valence-corrected chi connectivity index (χ1v) is 10.0. The van der Waals surface area contributed by atoms with Crippen molar-refractivity contribution in [2.75, 3.05) is 44.4 Å². The Labute approximate surface area is 147 Å². The lowest BCUT2D eigenvalue weighted by atomic mass is 10.3. The number of carbonyl (C=O) groups is 1. The summed E-state index contributed by atoms with van der Waals surface area (Å²) in [6, 6.07) is 0. The highest BCUT2D eigenvalue weighted by Gasteiger charge is 2.22. The van der Waals surface area contributed by atoms with Crippen LogP contribution in [0.4, 0.5) is 0 Å². The summed E-state index contributed by atoms with van der Waals surface area (Å²) in [7, 11) is -2.86. The number of sulfone groups is 1. The number of carbonyl (C=O) groups excluding carboxylic acids is 1. The summed E-state index contributed by atoms with van der Waals surface area (Å²) >= 11 is 0. The van der Waals surface area contributed by atoms with Gasteiger partial charge in [0.15, 0.2) is 9.84 Å². The van der Waals surface area contributed by atoms with Gasteiger partial charge in [0, 0.05) is 37.9 Å². The van der Waals surface area contributed by atoms with Crippen molar-refractivity contribution in [3.8, 4) is 0 Å². The molecule has 1 aliphatic heterocycles. The van der Waals surface area contributed by atoms with Crippen LogP contribution in [0.3, 0.4) is 0 Å². The molecule has 1 N–H and O–H groups in total. The molecule has 0 radical (unpaired) electrons. The highest BCUT2D eigenvalue weighted by atomic mass is 32.2. The van der Waals surface area contributed by atoms with Crippen molar-refractivity contribution in [1.29, 1.82) is 0 Å². The van der Waals surface area contributed by atoms with Crippen molar-refractivity contribution < 1.29 is 17.9 Å². The Kier molecular flexibility index (Phi) is 7.09. The van der Waals surface area contributed by atoms with Gasteiger partial charge in [-0.25, -0.2) is 13.1 Å². The molecular weight excluding hydrogens is 346 g/mol. The fraction of sp³-hybridized carbons (Fsp3) is 0.667. The Morgan fingerprint density at radius 2 is 2.08 bits per heavy atom. The predicted molar refractivity (Wildman–Crippen MR) is 92.6 cm³/mol. The van der Waals surface area contributed by atoms with Crippen LogP contribution in [-0.4, -0.2) is 78.6 Å². The zero-order valence-electron chi connectivity index (χ0n) is 14.5. The van der Waals surface area contributed by atoms with Crippen LogP contribution in [0.15, 0.2) is 18.3 Å². The van der Waals surface area contributed by atoms with Crippen LogP contribution >= 0.6 is 0 Å². The minimum Gasteiger partial charge on any atom is -0.378 e. The molecule has 0 spiro atoms. The van der Waals surface area contributed by atoms with Crippen molar-refractivity contribution in [2.24, 2.45) is 0 Å². The quantitative estimate of drug-likeness (QED) is 0.448. The van der Waals surface area contributed by atoms with E-state index in [0.717, 1.165) is 5.69 Å². The molecule has 9 nitrogen and oxygen atoms in total. The van der Waals surface area contributed by atoms with E-state index in [9.17, 15) is 13.2 Å². The number of aromatic nitrogens is 3. The maximum Gasteiger partial charge on any atom is 0.246 e. The SMILES string of the molecule is C=C(C)C(=O)NCCOCCn1cc(CN2CCS(=O)(=O)CC2)nn1. The molecule has 1 aromatic rings. The number of ether oxygens (including phenoxy) is 1. The van der Waals surface area contributed by atoms with E-state index in [4.69, 9.17) is 4.74 Å². The summed E-state index contributed by atoms with van der Waals surface area (Å²) < 4.78 is 30.0. The summed E-state index contributed by atoms with van der Waals surface area (Å²) in [6.07, 6.45) is 1.84. The van der Waals surface area contributed by atoms with Crippen LogP contribution in [0.5, 0.6) is 0 Å². The second-order valence-electron chi connectivity index (χ2n) is 6.05. The Morgan fingerprint density at radius 3 is 2.76 bits per heavy atom. The summed E-state index contributed by atoms with van der Waals surface area (Å²) in [5.74, 6) is 0.239. The van der Waals surface area contributed by atoms with Gasteiger partial charge in [-0.3, -0.25) is 9.69 Å². The number of hydrogen-bond donors (Lipinski definition) is 1. The zero-order chi connectivity index (χ0) is 18.3. The van der Waals surface area contributed by atoms with Crippen LogP contribution in [0, 0.1) is 0 Å². The first-order chi connectivity index (χ1) is 11.9. The standard InChI is InChI=1S/C15H25N5O4S/c1-13(2)15(21)16-3-7-24-8-4-20-12-14(17-18-20)11-19-5-9-25(22,23)10-6-19/h12H,1,3-11H2,2H3,(H,16,21). The Morgan fingerprint density at radius 1 is 1.36 bits per heavy atom. The van der Waals surface area contributed by atoms with E-state index < -0.39 is 9.84 Å². The largest absolute Gasteiger partial charge is 0.378 e. The van der Waals surface area contributed by atoms with Gasteiger partial charge < -0.3 is 10.1 Å². The van der Waals surface area contributed by atoms with E-state index >= 15 is 0 Å². The molecule has 1 fully saturated rings. The van der Waals surface area contributed by atoms with Crippen LogP contribution < -0.4 is 5.32 Å². The van der Waals surface area contributed by atoms with E-state index in [1.165, 1.54) is 0 Å². The zero-order valence-corrected chi connectivity index (χ0v) is 15.3. The van der Waals surface area contributed by atoms with Crippen LogP contribution in [0.1, 0.15) is 12.6 Å². The van der Waals surface area contributed by atoms with Gasteiger partial charge in [0.2, 0.25) is 5.91 Å². The molecule has 0 atom stereocenters. The molecule has 25 heavy (non-hydrogen) atoms. The predicted octanol–water partition coefficient (Wildman–Crippen LogP) is -0.783. The molecular formula is C15H25N5O4S. The molecule has 1 amide bonds. The molecule has 0 aliphatic carbocycles. The number of nitrogens with one attached hydrogen (secondary N) is 1. The fourth-order valence-electron chi connectivity index (χ4n) is 2.31. The minimum atomic E-state index is -2.86.